The average Bonchev–Trinajstić information content (AvgIpc) is 2.92. The SMILES string of the molecule is CCc1[cH-]c(C)cc1C.CCc1[cH-]c(C)cc1C.C[SiH]C.[Cl-].[Cl-].[Hf+4]. The maximum atomic E-state index is 2.26. The summed E-state index contributed by atoms with van der Waals surface area (Å²) in [5, 5.41) is 0. The largest absolute Gasteiger partial charge is 4.00 e. The Morgan fingerprint density at radius 1 is 0.750 bits per heavy atom. The van der Waals surface area contributed by atoms with E-state index >= 15 is 0 Å². The minimum absolute atomic E-state index is 0. The van der Waals surface area contributed by atoms with Gasteiger partial charge in [-0.25, -0.2) is 12.1 Å². The number of hydrogen-bond donors (Lipinski definition) is 0. The van der Waals surface area contributed by atoms with Crippen LogP contribution in [0.4, 0.5) is 0 Å². The van der Waals surface area contributed by atoms with Crippen LogP contribution in [0.2, 0.25) is 13.1 Å². The van der Waals surface area contributed by atoms with Crippen molar-refractivity contribution in [2.24, 2.45) is 0 Å². The molecule has 0 aliphatic rings. The molecule has 0 heterocycles. The maximum absolute atomic E-state index is 2.26. The van der Waals surface area contributed by atoms with Crippen LogP contribution >= 0.6 is 0 Å². The van der Waals surface area contributed by atoms with Crippen molar-refractivity contribution in [1.29, 1.82) is 0 Å². The van der Waals surface area contributed by atoms with Gasteiger partial charge in [0, 0.05) is 9.52 Å². The molecule has 0 saturated heterocycles. The molecule has 4 heteroatoms. The van der Waals surface area contributed by atoms with Crippen molar-refractivity contribution in [1.82, 2.24) is 0 Å². The molecule has 1 radical (unpaired) electrons. The predicted molar refractivity (Wildman–Crippen MR) is 101 cm³/mol. The summed E-state index contributed by atoms with van der Waals surface area (Å²) < 4.78 is 0. The summed E-state index contributed by atoms with van der Waals surface area (Å²) in [5.74, 6) is 0. The Hall–Kier alpha value is 0.367. The van der Waals surface area contributed by atoms with Crippen LogP contribution in [0, 0.1) is 27.7 Å². The number of rotatable bonds is 2. The van der Waals surface area contributed by atoms with Gasteiger partial charge in [0.2, 0.25) is 0 Å². The van der Waals surface area contributed by atoms with Crippen LogP contribution in [-0.2, 0) is 38.7 Å². The van der Waals surface area contributed by atoms with E-state index in [9.17, 15) is 0 Å². The summed E-state index contributed by atoms with van der Waals surface area (Å²) in [6, 6.07) is 8.99. The molecular weight excluding hydrogens is 518 g/mol. The normalized spacial score (nSPS) is 8.33. The molecule has 0 aliphatic carbocycles. The molecule has 135 valence electrons. The zero-order valence-corrected chi connectivity index (χ0v) is 22.8. The molecule has 2 aromatic rings. The zero-order valence-electron chi connectivity index (χ0n) is 16.6. The topological polar surface area (TPSA) is 0 Å². The fraction of sp³-hybridized carbons (Fsp3) is 0.500. The van der Waals surface area contributed by atoms with Crippen LogP contribution in [0.5, 0.6) is 0 Å². The van der Waals surface area contributed by atoms with Crippen LogP contribution in [-0.4, -0.2) is 9.52 Å². The number of halogens is 2. The molecule has 0 N–H and O–H groups in total. The molecule has 0 aromatic heterocycles. The summed E-state index contributed by atoms with van der Waals surface area (Å²) >= 11 is 0. The van der Waals surface area contributed by atoms with Gasteiger partial charge in [-0.05, 0) is 0 Å². The van der Waals surface area contributed by atoms with Gasteiger partial charge in [-0.3, -0.25) is 0 Å². The summed E-state index contributed by atoms with van der Waals surface area (Å²) in [7, 11) is 0.750. The molecule has 0 bridgehead atoms. The van der Waals surface area contributed by atoms with Crippen molar-refractivity contribution >= 4 is 9.52 Å². The molecule has 0 saturated carbocycles. The van der Waals surface area contributed by atoms with E-state index in [0.717, 1.165) is 9.52 Å². The molecule has 0 spiro atoms. The van der Waals surface area contributed by atoms with Crippen molar-refractivity contribution in [2.45, 2.75) is 67.5 Å². The van der Waals surface area contributed by atoms with Crippen LogP contribution in [0.25, 0.3) is 0 Å². The van der Waals surface area contributed by atoms with Gasteiger partial charge in [-0.1, -0.05) is 67.5 Å². The maximum Gasteiger partial charge on any atom is 4.00 e. The first kappa shape index (κ1) is 32.1. The molecule has 0 aliphatic heterocycles. The van der Waals surface area contributed by atoms with Crippen molar-refractivity contribution in [3.05, 3.63) is 57.6 Å². The fourth-order valence-corrected chi connectivity index (χ4v) is 2.49. The quantitative estimate of drug-likeness (QED) is 0.356. The standard InChI is InChI=1S/2C9H13.C2H7Si.2ClH.Hf/c2*1-4-9-6-7(2)5-8(9)3;1-3-2;;;/h2*5-6H,4H2,1-3H3;3H,1-2H3;2*1H;/q2*-1;;;;+4/p-2. The second kappa shape index (κ2) is 18.2. The van der Waals surface area contributed by atoms with Crippen LogP contribution in [0.3, 0.4) is 0 Å². The third-order valence-corrected chi connectivity index (χ3v) is 3.47. The Kier molecular flexibility index (Phi) is 24.3. The predicted octanol–water partition coefficient (Wildman–Crippen LogP) is -0.306. The first-order valence-corrected chi connectivity index (χ1v) is 10.4. The minimum atomic E-state index is 0. The van der Waals surface area contributed by atoms with Crippen molar-refractivity contribution in [3.8, 4) is 0 Å². The zero-order chi connectivity index (χ0) is 16.4. The van der Waals surface area contributed by atoms with Gasteiger partial charge in [0.1, 0.15) is 0 Å². The molecule has 0 atom stereocenters. The number of hydrogen-bond acceptors (Lipinski definition) is 0. The Bertz CT molecular complexity index is 469. The van der Waals surface area contributed by atoms with Gasteiger partial charge in [0.05, 0.1) is 0 Å². The Morgan fingerprint density at radius 2 is 1.00 bits per heavy atom. The van der Waals surface area contributed by atoms with Gasteiger partial charge in [-0.15, -0.1) is 0 Å². The van der Waals surface area contributed by atoms with Crippen LogP contribution < -0.4 is 24.8 Å². The average molecular weight is 551 g/mol. The summed E-state index contributed by atoms with van der Waals surface area (Å²) in [5.41, 5.74) is 8.65. The monoisotopic (exact) mass is 551 g/mol. The van der Waals surface area contributed by atoms with Crippen molar-refractivity contribution in [2.75, 3.05) is 0 Å². The van der Waals surface area contributed by atoms with E-state index in [0.29, 0.717) is 0 Å². The molecule has 24 heavy (non-hydrogen) atoms. The number of aryl methyl sites for hydroxylation is 6. The van der Waals surface area contributed by atoms with Gasteiger partial charge < -0.3 is 24.8 Å². The molecule has 0 nitrogen and oxygen atoms in total. The van der Waals surface area contributed by atoms with Crippen molar-refractivity contribution in [3.63, 3.8) is 0 Å². The Balaban J connectivity index is -0.000000130. The molecule has 2 aromatic carbocycles. The fourth-order valence-electron chi connectivity index (χ4n) is 2.49. The van der Waals surface area contributed by atoms with Gasteiger partial charge >= 0.3 is 25.8 Å². The van der Waals surface area contributed by atoms with E-state index in [1.54, 1.807) is 0 Å². The molecule has 0 fully saturated rings. The summed E-state index contributed by atoms with van der Waals surface area (Å²) in [4.78, 5) is 0. The first-order chi connectivity index (χ1) is 9.89. The van der Waals surface area contributed by atoms with E-state index < -0.39 is 0 Å². The first-order valence-electron chi connectivity index (χ1n) is 8.09. The van der Waals surface area contributed by atoms with Crippen LogP contribution in [0.15, 0.2) is 24.3 Å². The Morgan fingerprint density at radius 3 is 1.08 bits per heavy atom. The molecule has 0 unspecified atom stereocenters. The van der Waals surface area contributed by atoms with E-state index in [1.165, 1.54) is 46.2 Å². The second-order valence-electron chi connectivity index (χ2n) is 5.77. The molecular formula is C20H33Cl2HfSi. The summed E-state index contributed by atoms with van der Waals surface area (Å²) in [6.07, 6.45) is 2.33. The van der Waals surface area contributed by atoms with Gasteiger partial charge in [0.25, 0.3) is 0 Å². The van der Waals surface area contributed by atoms with E-state index in [1.807, 2.05) is 0 Å². The smallest absolute Gasteiger partial charge is 1.00 e. The van der Waals surface area contributed by atoms with Crippen LogP contribution in [0.1, 0.15) is 47.2 Å². The second-order valence-corrected chi connectivity index (χ2v) is 6.92. The third-order valence-electron chi connectivity index (χ3n) is 3.47. The van der Waals surface area contributed by atoms with Gasteiger partial charge in [-0.2, -0.15) is 45.5 Å². The molecule has 0 amide bonds. The Labute approximate surface area is 184 Å². The van der Waals surface area contributed by atoms with E-state index in [4.69, 9.17) is 0 Å². The molecule has 2 rings (SSSR count). The van der Waals surface area contributed by atoms with Crippen molar-refractivity contribution < 1.29 is 50.7 Å². The minimum Gasteiger partial charge on any atom is -1.00 e. The van der Waals surface area contributed by atoms with E-state index in [2.05, 4.69) is 78.9 Å². The van der Waals surface area contributed by atoms with Gasteiger partial charge in [0.15, 0.2) is 0 Å². The van der Waals surface area contributed by atoms with E-state index in [-0.39, 0.29) is 50.7 Å². The third kappa shape index (κ3) is 12.7. The summed E-state index contributed by atoms with van der Waals surface area (Å²) in [6.45, 7) is 17.4.